The lowest BCUT2D eigenvalue weighted by Crippen LogP contribution is -2.40. The summed E-state index contributed by atoms with van der Waals surface area (Å²) in [6.07, 6.45) is 3.13. The summed E-state index contributed by atoms with van der Waals surface area (Å²) < 4.78 is 0. The number of carbonyl (C=O) groups excluding carboxylic acids is 2. The van der Waals surface area contributed by atoms with Gasteiger partial charge in [-0.1, -0.05) is 0 Å². The molecule has 0 aromatic carbocycles. The van der Waals surface area contributed by atoms with Crippen molar-refractivity contribution in [2.24, 2.45) is 0 Å². The molecule has 2 amide bonds. The molecule has 1 N–H and O–H groups in total. The Labute approximate surface area is 101 Å². The Bertz CT molecular complexity index is 379. The van der Waals surface area contributed by atoms with Gasteiger partial charge in [0.15, 0.2) is 0 Å². The number of aromatic nitrogens is 1. The SMILES string of the molecule is CCNC(=O)CN(CC)C(=O)c1ccncc1. The lowest BCUT2D eigenvalue weighted by Gasteiger charge is -2.20. The molecule has 5 heteroatoms. The number of hydrogen-bond acceptors (Lipinski definition) is 3. The van der Waals surface area contributed by atoms with E-state index < -0.39 is 0 Å². The van der Waals surface area contributed by atoms with Crippen LogP contribution in [-0.2, 0) is 4.79 Å². The number of pyridine rings is 1. The van der Waals surface area contributed by atoms with Gasteiger partial charge in [-0.3, -0.25) is 14.6 Å². The normalized spacial score (nSPS) is 9.76. The monoisotopic (exact) mass is 235 g/mol. The molecule has 0 unspecified atom stereocenters. The third-order valence-corrected chi connectivity index (χ3v) is 2.30. The fourth-order valence-corrected chi connectivity index (χ4v) is 1.43. The zero-order valence-electron chi connectivity index (χ0n) is 10.1. The lowest BCUT2D eigenvalue weighted by atomic mass is 10.2. The first kappa shape index (κ1) is 13.2. The van der Waals surface area contributed by atoms with Crippen molar-refractivity contribution in [2.75, 3.05) is 19.6 Å². The summed E-state index contributed by atoms with van der Waals surface area (Å²) in [7, 11) is 0. The molecule has 1 rings (SSSR count). The van der Waals surface area contributed by atoms with Crippen LogP contribution in [0.3, 0.4) is 0 Å². The molecule has 1 aromatic rings. The van der Waals surface area contributed by atoms with Crippen LogP contribution in [0.1, 0.15) is 24.2 Å². The molecule has 1 aromatic heterocycles. The van der Waals surface area contributed by atoms with E-state index in [1.165, 1.54) is 4.90 Å². The molecule has 0 saturated heterocycles. The smallest absolute Gasteiger partial charge is 0.254 e. The summed E-state index contributed by atoms with van der Waals surface area (Å²) in [4.78, 5) is 28.8. The minimum Gasteiger partial charge on any atom is -0.355 e. The molecule has 0 aliphatic carbocycles. The van der Waals surface area contributed by atoms with E-state index in [-0.39, 0.29) is 18.4 Å². The molecule has 1 heterocycles. The van der Waals surface area contributed by atoms with Crippen molar-refractivity contribution in [3.8, 4) is 0 Å². The standard InChI is InChI=1S/C12H17N3O2/c1-3-14-11(16)9-15(4-2)12(17)10-5-7-13-8-6-10/h5-8H,3-4,9H2,1-2H3,(H,14,16). The van der Waals surface area contributed by atoms with E-state index in [0.29, 0.717) is 18.7 Å². The predicted octanol–water partition coefficient (Wildman–Crippen LogP) is 0.680. The molecule has 0 aliphatic heterocycles. The van der Waals surface area contributed by atoms with Crippen LogP contribution in [0.5, 0.6) is 0 Å². The highest BCUT2D eigenvalue weighted by atomic mass is 16.2. The van der Waals surface area contributed by atoms with Gasteiger partial charge in [-0.15, -0.1) is 0 Å². The van der Waals surface area contributed by atoms with E-state index in [1.54, 1.807) is 24.5 Å². The number of hydrogen-bond donors (Lipinski definition) is 1. The number of rotatable bonds is 5. The number of carbonyl (C=O) groups is 2. The topological polar surface area (TPSA) is 62.3 Å². The third kappa shape index (κ3) is 3.86. The van der Waals surface area contributed by atoms with Gasteiger partial charge < -0.3 is 10.2 Å². The van der Waals surface area contributed by atoms with Crippen LogP contribution in [0.4, 0.5) is 0 Å². The minimum absolute atomic E-state index is 0.0888. The quantitative estimate of drug-likeness (QED) is 0.816. The zero-order chi connectivity index (χ0) is 12.7. The van der Waals surface area contributed by atoms with Crippen molar-refractivity contribution in [3.05, 3.63) is 30.1 Å². The van der Waals surface area contributed by atoms with E-state index in [4.69, 9.17) is 0 Å². The Morgan fingerprint density at radius 2 is 1.94 bits per heavy atom. The second kappa shape index (κ2) is 6.62. The average molecular weight is 235 g/mol. The largest absolute Gasteiger partial charge is 0.355 e. The second-order valence-corrected chi connectivity index (χ2v) is 3.51. The van der Waals surface area contributed by atoms with Gasteiger partial charge in [0.2, 0.25) is 5.91 Å². The highest BCUT2D eigenvalue weighted by molar-refractivity contribution is 5.96. The van der Waals surface area contributed by atoms with Gasteiger partial charge in [0.05, 0.1) is 6.54 Å². The van der Waals surface area contributed by atoms with Gasteiger partial charge in [0, 0.05) is 31.0 Å². The number of amides is 2. The molecule has 92 valence electrons. The molecule has 17 heavy (non-hydrogen) atoms. The van der Waals surface area contributed by atoms with E-state index in [2.05, 4.69) is 10.3 Å². The van der Waals surface area contributed by atoms with Gasteiger partial charge >= 0.3 is 0 Å². The van der Waals surface area contributed by atoms with Crippen LogP contribution in [-0.4, -0.2) is 41.3 Å². The van der Waals surface area contributed by atoms with Gasteiger partial charge in [-0.05, 0) is 26.0 Å². The highest BCUT2D eigenvalue weighted by Gasteiger charge is 2.16. The summed E-state index contributed by atoms with van der Waals surface area (Å²) in [5.41, 5.74) is 0.547. The summed E-state index contributed by atoms with van der Waals surface area (Å²) in [5.74, 6) is -0.294. The van der Waals surface area contributed by atoms with Crippen molar-refractivity contribution in [2.45, 2.75) is 13.8 Å². The van der Waals surface area contributed by atoms with Crippen LogP contribution < -0.4 is 5.32 Å². The average Bonchev–Trinajstić information content (AvgIpc) is 2.36. The second-order valence-electron chi connectivity index (χ2n) is 3.51. The van der Waals surface area contributed by atoms with E-state index >= 15 is 0 Å². The summed E-state index contributed by atoms with van der Waals surface area (Å²) in [6.45, 7) is 4.85. The van der Waals surface area contributed by atoms with Crippen molar-refractivity contribution in [1.82, 2.24) is 15.2 Å². The first-order chi connectivity index (χ1) is 8.19. The van der Waals surface area contributed by atoms with Crippen LogP contribution in [0.2, 0.25) is 0 Å². The molecule has 0 fully saturated rings. The number of nitrogens with one attached hydrogen (secondary N) is 1. The first-order valence-electron chi connectivity index (χ1n) is 5.65. The van der Waals surface area contributed by atoms with Gasteiger partial charge in [-0.2, -0.15) is 0 Å². The van der Waals surface area contributed by atoms with Crippen molar-refractivity contribution in [1.29, 1.82) is 0 Å². The first-order valence-corrected chi connectivity index (χ1v) is 5.65. The Morgan fingerprint density at radius 1 is 1.29 bits per heavy atom. The van der Waals surface area contributed by atoms with Crippen LogP contribution in [0, 0.1) is 0 Å². The lowest BCUT2D eigenvalue weighted by molar-refractivity contribution is -0.121. The van der Waals surface area contributed by atoms with Gasteiger partial charge in [0.1, 0.15) is 0 Å². The van der Waals surface area contributed by atoms with Gasteiger partial charge in [0.25, 0.3) is 5.91 Å². The molecule has 0 spiro atoms. The molecule has 5 nitrogen and oxygen atoms in total. The van der Waals surface area contributed by atoms with Gasteiger partial charge in [-0.25, -0.2) is 0 Å². The zero-order valence-corrected chi connectivity index (χ0v) is 10.1. The summed E-state index contributed by atoms with van der Waals surface area (Å²) in [5, 5.41) is 2.67. The maximum absolute atomic E-state index is 12.0. The van der Waals surface area contributed by atoms with Crippen molar-refractivity contribution >= 4 is 11.8 Å². The Morgan fingerprint density at radius 3 is 2.47 bits per heavy atom. The van der Waals surface area contributed by atoms with Crippen molar-refractivity contribution in [3.63, 3.8) is 0 Å². The molecular formula is C12H17N3O2. The molecule has 0 radical (unpaired) electrons. The highest BCUT2D eigenvalue weighted by Crippen LogP contribution is 2.02. The summed E-state index contributed by atoms with van der Waals surface area (Å²) in [6, 6.07) is 3.28. The third-order valence-electron chi connectivity index (χ3n) is 2.30. The maximum Gasteiger partial charge on any atom is 0.254 e. The van der Waals surface area contributed by atoms with E-state index in [1.807, 2.05) is 13.8 Å². The fourth-order valence-electron chi connectivity index (χ4n) is 1.43. The predicted molar refractivity (Wildman–Crippen MR) is 64.5 cm³/mol. The number of likely N-dealkylation sites (N-methyl/N-ethyl adjacent to an activating group) is 2. The van der Waals surface area contributed by atoms with Crippen LogP contribution in [0.25, 0.3) is 0 Å². The molecule has 0 atom stereocenters. The van der Waals surface area contributed by atoms with E-state index in [9.17, 15) is 9.59 Å². The Balaban J connectivity index is 2.68. The maximum atomic E-state index is 12.0. The summed E-state index contributed by atoms with van der Waals surface area (Å²) >= 11 is 0. The van der Waals surface area contributed by atoms with Crippen molar-refractivity contribution < 1.29 is 9.59 Å². The minimum atomic E-state index is -0.152. The molecule has 0 aliphatic rings. The Hall–Kier alpha value is -1.91. The fraction of sp³-hybridized carbons (Fsp3) is 0.417. The number of nitrogens with zero attached hydrogens (tertiary/aromatic N) is 2. The molecular weight excluding hydrogens is 218 g/mol. The van der Waals surface area contributed by atoms with Crippen LogP contribution in [0.15, 0.2) is 24.5 Å². The molecule has 0 saturated carbocycles. The van der Waals surface area contributed by atoms with E-state index in [0.717, 1.165) is 0 Å². The Kier molecular flexibility index (Phi) is 5.13. The van der Waals surface area contributed by atoms with Crippen LogP contribution >= 0.6 is 0 Å². The molecule has 0 bridgehead atoms.